The number of halogens is 1. The Kier molecular flexibility index (Phi) is 9.43. The number of unbranched alkanes of at least 4 members (excludes halogenated alkanes) is 1. The standard InChI is InChI=1S/C32H34FN5O3S/c1-4-6-19-41-24-17-15-22(16-18-24)29-28(30(39)35-26-13-9-10-14-27(26)40-5-2)21(3)34-31-36-32(37-38(29)31)42-20-23-11-7-8-12-25(23)33/h7-18,29H,4-6,19-20H2,1-3H3,(H,35,39)(H,34,36,37). The first-order valence-corrected chi connectivity index (χ1v) is 15.0. The zero-order valence-electron chi connectivity index (χ0n) is 23.9. The second-order valence-corrected chi connectivity index (χ2v) is 10.7. The minimum absolute atomic E-state index is 0.268. The van der Waals surface area contributed by atoms with Crippen molar-refractivity contribution < 1.29 is 18.7 Å². The van der Waals surface area contributed by atoms with Crippen molar-refractivity contribution in [1.82, 2.24) is 14.8 Å². The number of anilines is 2. The number of benzene rings is 3. The number of nitrogens with one attached hydrogen (secondary N) is 2. The summed E-state index contributed by atoms with van der Waals surface area (Å²) in [6.07, 6.45) is 2.02. The lowest BCUT2D eigenvalue weighted by Crippen LogP contribution is -2.31. The summed E-state index contributed by atoms with van der Waals surface area (Å²) >= 11 is 1.33. The van der Waals surface area contributed by atoms with Crippen LogP contribution in [0.5, 0.6) is 11.5 Å². The predicted molar refractivity (Wildman–Crippen MR) is 164 cm³/mol. The van der Waals surface area contributed by atoms with Crippen LogP contribution >= 0.6 is 11.8 Å². The molecule has 42 heavy (non-hydrogen) atoms. The second-order valence-electron chi connectivity index (χ2n) is 9.76. The van der Waals surface area contributed by atoms with Crippen LogP contribution in [0.1, 0.15) is 50.8 Å². The van der Waals surface area contributed by atoms with E-state index in [2.05, 4.69) is 22.5 Å². The minimum atomic E-state index is -0.569. The van der Waals surface area contributed by atoms with Crippen LogP contribution in [0.2, 0.25) is 0 Å². The zero-order valence-corrected chi connectivity index (χ0v) is 24.7. The third-order valence-electron chi connectivity index (χ3n) is 6.79. The summed E-state index contributed by atoms with van der Waals surface area (Å²) < 4.78 is 27.6. The SMILES string of the molecule is CCCCOc1ccc(C2C(C(=O)Nc3ccccc3OCC)=C(C)Nc3nc(SCc4ccccc4F)nn32)cc1. The third-order valence-corrected chi connectivity index (χ3v) is 7.68. The van der Waals surface area contributed by atoms with E-state index in [-0.39, 0.29) is 11.7 Å². The van der Waals surface area contributed by atoms with Crippen molar-refractivity contribution in [2.75, 3.05) is 23.8 Å². The molecule has 8 nitrogen and oxygen atoms in total. The van der Waals surface area contributed by atoms with Crippen molar-refractivity contribution >= 4 is 29.3 Å². The highest BCUT2D eigenvalue weighted by molar-refractivity contribution is 7.98. The molecule has 0 saturated heterocycles. The van der Waals surface area contributed by atoms with Crippen LogP contribution in [0.15, 0.2) is 89.2 Å². The normalized spacial score (nSPS) is 14.2. The molecular weight excluding hydrogens is 553 g/mol. The molecule has 0 radical (unpaired) electrons. The number of rotatable bonds is 12. The number of hydrogen-bond donors (Lipinski definition) is 2. The number of fused-ring (bicyclic) bond motifs is 1. The molecular formula is C32H34FN5O3S. The number of thioether (sulfide) groups is 1. The van der Waals surface area contributed by atoms with E-state index in [9.17, 15) is 9.18 Å². The van der Waals surface area contributed by atoms with Gasteiger partial charge >= 0.3 is 0 Å². The lowest BCUT2D eigenvalue weighted by Gasteiger charge is -2.29. The van der Waals surface area contributed by atoms with Gasteiger partial charge in [-0.05, 0) is 61.7 Å². The first-order chi connectivity index (χ1) is 20.5. The van der Waals surface area contributed by atoms with E-state index < -0.39 is 6.04 Å². The first-order valence-electron chi connectivity index (χ1n) is 14.0. The van der Waals surface area contributed by atoms with Gasteiger partial charge in [-0.1, -0.05) is 67.6 Å². The van der Waals surface area contributed by atoms with E-state index in [0.29, 0.717) is 58.3 Å². The summed E-state index contributed by atoms with van der Waals surface area (Å²) in [5.41, 5.74) is 3.14. The molecule has 0 fully saturated rings. The van der Waals surface area contributed by atoms with Gasteiger partial charge in [0.25, 0.3) is 5.91 Å². The summed E-state index contributed by atoms with van der Waals surface area (Å²) in [6.45, 7) is 6.99. The van der Waals surface area contributed by atoms with E-state index in [1.165, 1.54) is 17.8 Å². The van der Waals surface area contributed by atoms with Gasteiger partial charge in [0.05, 0.1) is 24.5 Å². The van der Waals surface area contributed by atoms with Crippen LogP contribution in [0.25, 0.3) is 0 Å². The second kappa shape index (κ2) is 13.6. The number of carbonyl (C=O) groups is 1. The highest BCUT2D eigenvalue weighted by atomic mass is 32.2. The molecule has 4 aromatic rings. The van der Waals surface area contributed by atoms with E-state index in [0.717, 1.165) is 24.2 Å². The average molecular weight is 588 g/mol. The van der Waals surface area contributed by atoms with Gasteiger partial charge in [0.1, 0.15) is 23.4 Å². The summed E-state index contributed by atoms with van der Waals surface area (Å²) in [6, 6.07) is 21.2. The topological polar surface area (TPSA) is 90.3 Å². The number of para-hydroxylation sites is 2. The molecule has 1 unspecified atom stereocenters. The van der Waals surface area contributed by atoms with Crippen LogP contribution in [-0.4, -0.2) is 33.9 Å². The number of hydrogen-bond acceptors (Lipinski definition) is 7. The summed E-state index contributed by atoms with van der Waals surface area (Å²) in [4.78, 5) is 18.6. The van der Waals surface area contributed by atoms with Crippen LogP contribution in [0.3, 0.4) is 0 Å². The van der Waals surface area contributed by atoms with Crippen molar-refractivity contribution in [3.8, 4) is 11.5 Å². The maximum absolute atomic E-state index is 14.2. The number of ether oxygens (including phenoxy) is 2. The van der Waals surface area contributed by atoms with Gasteiger partial charge in [0, 0.05) is 11.4 Å². The molecule has 0 bridgehead atoms. The quantitative estimate of drug-likeness (QED) is 0.134. The minimum Gasteiger partial charge on any atom is -0.494 e. The maximum atomic E-state index is 14.2. The molecule has 3 aromatic carbocycles. The molecule has 0 spiro atoms. The Balaban J connectivity index is 1.47. The van der Waals surface area contributed by atoms with Gasteiger partial charge in [-0.25, -0.2) is 9.07 Å². The first kappa shape index (κ1) is 29.2. The lowest BCUT2D eigenvalue weighted by molar-refractivity contribution is -0.113. The molecule has 2 heterocycles. The van der Waals surface area contributed by atoms with Crippen LogP contribution in [0, 0.1) is 5.82 Å². The smallest absolute Gasteiger partial charge is 0.255 e. The molecule has 218 valence electrons. The van der Waals surface area contributed by atoms with Gasteiger partial charge in [-0.3, -0.25) is 4.79 Å². The molecule has 1 atom stereocenters. The van der Waals surface area contributed by atoms with Gasteiger partial charge in [0.15, 0.2) is 0 Å². The number of allylic oxidation sites excluding steroid dienone is 1. The summed E-state index contributed by atoms with van der Waals surface area (Å²) in [5, 5.41) is 11.5. The molecule has 2 N–H and O–H groups in total. The van der Waals surface area contributed by atoms with Gasteiger partial charge in [-0.15, -0.1) is 5.10 Å². The lowest BCUT2D eigenvalue weighted by atomic mass is 9.95. The monoisotopic (exact) mass is 587 g/mol. The van der Waals surface area contributed by atoms with E-state index >= 15 is 0 Å². The van der Waals surface area contributed by atoms with Crippen LogP contribution < -0.4 is 20.1 Å². The van der Waals surface area contributed by atoms with Crippen molar-refractivity contribution in [2.24, 2.45) is 0 Å². The fourth-order valence-electron chi connectivity index (χ4n) is 4.67. The number of carbonyl (C=O) groups excluding carboxylic acids is 1. The molecule has 5 rings (SSSR count). The van der Waals surface area contributed by atoms with Crippen LogP contribution in [-0.2, 0) is 10.5 Å². The molecule has 1 aromatic heterocycles. The van der Waals surface area contributed by atoms with Crippen molar-refractivity contribution in [3.63, 3.8) is 0 Å². The van der Waals surface area contributed by atoms with Crippen molar-refractivity contribution in [2.45, 2.75) is 50.6 Å². The molecule has 1 aliphatic rings. The number of aromatic nitrogens is 3. The Bertz CT molecular complexity index is 1570. The van der Waals surface area contributed by atoms with E-state index in [4.69, 9.17) is 14.6 Å². The highest BCUT2D eigenvalue weighted by Gasteiger charge is 2.34. The van der Waals surface area contributed by atoms with Gasteiger partial charge < -0.3 is 20.1 Å². The molecule has 0 saturated carbocycles. The highest BCUT2D eigenvalue weighted by Crippen LogP contribution is 2.38. The summed E-state index contributed by atoms with van der Waals surface area (Å²) in [7, 11) is 0. The Morgan fingerprint density at radius 1 is 1.05 bits per heavy atom. The van der Waals surface area contributed by atoms with Crippen LogP contribution in [0.4, 0.5) is 16.0 Å². The maximum Gasteiger partial charge on any atom is 0.255 e. The fourth-order valence-corrected chi connectivity index (χ4v) is 5.49. The molecule has 1 amide bonds. The Morgan fingerprint density at radius 2 is 1.81 bits per heavy atom. The molecule has 10 heteroatoms. The Hall–Kier alpha value is -4.31. The molecule has 0 aliphatic carbocycles. The number of nitrogens with zero attached hydrogens (tertiary/aromatic N) is 3. The largest absolute Gasteiger partial charge is 0.494 e. The average Bonchev–Trinajstić information content (AvgIpc) is 3.40. The van der Waals surface area contributed by atoms with Crippen molar-refractivity contribution in [3.05, 3.63) is 101 Å². The van der Waals surface area contributed by atoms with E-state index in [1.54, 1.807) is 22.9 Å². The van der Waals surface area contributed by atoms with Crippen molar-refractivity contribution in [1.29, 1.82) is 0 Å². The zero-order chi connectivity index (χ0) is 29.5. The van der Waals surface area contributed by atoms with Gasteiger partial charge in [0.2, 0.25) is 11.1 Å². The third kappa shape index (κ3) is 6.60. The predicted octanol–water partition coefficient (Wildman–Crippen LogP) is 7.21. The summed E-state index contributed by atoms with van der Waals surface area (Å²) in [5.74, 6) is 1.67. The fraction of sp³-hybridized carbons (Fsp3) is 0.281. The number of amides is 1. The van der Waals surface area contributed by atoms with E-state index in [1.807, 2.05) is 62.4 Å². The Morgan fingerprint density at radius 3 is 2.57 bits per heavy atom. The Labute approximate surface area is 249 Å². The van der Waals surface area contributed by atoms with Gasteiger partial charge in [-0.2, -0.15) is 4.98 Å². The molecule has 1 aliphatic heterocycles.